The van der Waals surface area contributed by atoms with Crippen molar-refractivity contribution in [3.63, 3.8) is 0 Å². The first-order chi connectivity index (χ1) is 24.0. The lowest BCUT2D eigenvalue weighted by atomic mass is 9.95. The molecule has 0 unspecified atom stereocenters. The number of carbonyl (C=O) groups is 2. The number of hydrazine groups is 1. The van der Waals surface area contributed by atoms with E-state index in [0.717, 1.165) is 65.0 Å². The van der Waals surface area contributed by atoms with Gasteiger partial charge in [0.25, 0.3) is 5.69 Å². The highest BCUT2D eigenvalue weighted by molar-refractivity contribution is 7.89. The quantitative estimate of drug-likeness (QED) is 0.145. The van der Waals surface area contributed by atoms with Gasteiger partial charge in [0.2, 0.25) is 15.9 Å². The molecule has 1 saturated heterocycles. The average molecular weight is 707 g/mol. The fourth-order valence-corrected chi connectivity index (χ4v) is 8.26. The van der Waals surface area contributed by atoms with Gasteiger partial charge < -0.3 is 20.4 Å². The van der Waals surface area contributed by atoms with Gasteiger partial charge in [0, 0.05) is 25.7 Å². The Balaban J connectivity index is 1.23. The van der Waals surface area contributed by atoms with Crippen molar-refractivity contribution >= 4 is 33.3 Å². The number of nitro benzene ring substituents is 1. The van der Waals surface area contributed by atoms with Crippen LogP contribution >= 0.6 is 0 Å². The molecule has 3 aromatic carbocycles. The summed E-state index contributed by atoms with van der Waals surface area (Å²) in [6.45, 7) is 2.93. The van der Waals surface area contributed by atoms with E-state index in [1.165, 1.54) is 12.1 Å². The SMILES string of the molecule is CN(C)CCCN(C)CCNC(=O)[C@@H]1CCCN1S(=O)(=O)c1ccc(NNC(=O)NC2c3ccccc3CCc3ccccc32)c([N+](=O)[O-])c1. The van der Waals surface area contributed by atoms with E-state index in [-0.39, 0.29) is 17.1 Å². The van der Waals surface area contributed by atoms with Gasteiger partial charge >= 0.3 is 6.03 Å². The summed E-state index contributed by atoms with van der Waals surface area (Å²) in [6, 6.07) is 17.2. The largest absolute Gasteiger partial charge is 0.353 e. The molecule has 0 radical (unpaired) electrons. The summed E-state index contributed by atoms with van der Waals surface area (Å²) < 4.78 is 28.6. The van der Waals surface area contributed by atoms with Gasteiger partial charge in [0.1, 0.15) is 11.7 Å². The number of carbonyl (C=O) groups excluding carboxylic acids is 2. The third kappa shape index (κ3) is 8.77. The van der Waals surface area contributed by atoms with Crippen molar-refractivity contribution in [1.29, 1.82) is 0 Å². The second kappa shape index (κ2) is 16.4. The van der Waals surface area contributed by atoms with Crippen LogP contribution in [0.4, 0.5) is 16.2 Å². The summed E-state index contributed by atoms with van der Waals surface area (Å²) in [5.74, 6) is -0.394. The molecule has 1 aliphatic carbocycles. The first-order valence-corrected chi connectivity index (χ1v) is 18.3. The first kappa shape index (κ1) is 36.7. The highest BCUT2D eigenvalue weighted by Crippen LogP contribution is 2.34. The van der Waals surface area contributed by atoms with Gasteiger partial charge in [-0.1, -0.05) is 48.5 Å². The predicted octanol–water partition coefficient (Wildman–Crippen LogP) is 3.26. The summed E-state index contributed by atoms with van der Waals surface area (Å²) in [5, 5.41) is 17.9. The van der Waals surface area contributed by atoms with Crippen molar-refractivity contribution in [2.75, 3.05) is 59.3 Å². The highest BCUT2D eigenvalue weighted by atomic mass is 32.2. The molecule has 5 rings (SSSR count). The molecule has 1 fully saturated rings. The van der Waals surface area contributed by atoms with Crippen LogP contribution in [0.5, 0.6) is 0 Å². The molecule has 50 heavy (non-hydrogen) atoms. The van der Waals surface area contributed by atoms with Gasteiger partial charge in [-0.25, -0.2) is 13.2 Å². The van der Waals surface area contributed by atoms with Crippen molar-refractivity contribution < 1.29 is 22.9 Å². The molecule has 3 aromatic rings. The minimum atomic E-state index is -4.25. The zero-order valence-corrected chi connectivity index (χ0v) is 29.5. The molecule has 3 amide bonds. The summed E-state index contributed by atoms with van der Waals surface area (Å²) in [5.41, 5.74) is 8.58. The number of nitrogens with one attached hydrogen (secondary N) is 4. The van der Waals surface area contributed by atoms with E-state index in [1.54, 1.807) is 0 Å². The molecule has 0 spiro atoms. The van der Waals surface area contributed by atoms with E-state index in [1.807, 2.05) is 69.7 Å². The summed E-state index contributed by atoms with van der Waals surface area (Å²) in [4.78, 5) is 41.6. The Hall–Kier alpha value is -4.57. The Labute approximate surface area is 293 Å². The Morgan fingerprint density at radius 2 is 1.60 bits per heavy atom. The van der Waals surface area contributed by atoms with Gasteiger partial charge in [-0.05, 0) is 101 Å². The van der Waals surface area contributed by atoms with Gasteiger partial charge in [-0.2, -0.15) is 4.31 Å². The number of hydrogen-bond acceptors (Lipinski definition) is 9. The summed E-state index contributed by atoms with van der Waals surface area (Å²) in [7, 11) is 1.75. The number of aryl methyl sites for hydroxylation is 2. The van der Waals surface area contributed by atoms with Crippen molar-refractivity contribution in [2.24, 2.45) is 0 Å². The number of nitrogens with zero attached hydrogens (tertiary/aromatic N) is 4. The number of nitro groups is 1. The van der Waals surface area contributed by atoms with Crippen LogP contribution in [0.3, 0.4) is 0 Å². The van der Waals surface area contributed by atoms with E-state index in [9.17, 15) is 28.1 Å². The monoisotopic (exact) mass is 706 g/mol. The first-order valence-electron chi connectivity index (χ1n) is 16.8. The summed E-state index contributed by atoms with van der Waals surface area (Å²) in [6.07, 6.45) is 3.47. The van der Waals surface area contributed by atoms with Gasteiger partial charge in [-0.15, -0.1) is 0 Å². The normalized spacial score (nSPS) is 16.4. The molecule has 14 nitrogen and oxygen atoms in total. The van der Waals surface area contributed by atoms with Gasteiger partial charge in [-0.3, -0.25) is 25.8 Å². The maximum absolute atomic E-state index is 13.7. The van der Waals surface area contributed by atoms with Crippen LogP contribution in [-0.4, -0.2) is 99.3 Å². The third-order valence-electron chi connectivity index (χ3n) is 9.20. The number of likely N-dealkylation sites (N-methyl/N-ethyl adjacent to an activating group) is 1. The number of anilines is 1. The van der Waals surface area contributed by atoms with Crippen molar-refractivity contribution in [3.8, 4) is 0 Å². The average Bonchev–Trinajstić information content (AvgIpc) is 3.55. The van der Waals surface area contributed by atoms with Crippen molar-refractivity contribution in [1.82, 2.24) is 30.2 Å². The van der Waals surface area contributed by atoms with Crippen LogP contribution in [0.1, 0.15) is 47.6 Å². The zero-order valence-electron chi connectivity index (χ0n) is 28.7. The Morgan fingerprint density at radius 1 is 0.940 bits per heavy atom. The molecule has 15 heteroatoms. The van der Waals surface area contributed by atoms with Gasteiger partial charge in [0.05, 0.1) is 15.9 Å². The van der Waals surface area contributed by atoms with E-state index in [4.69, 9.17) is 0 Å². The van der Waals surface area contributed by atoms with Crippen LogP contribution in [0, 0.1) is 10.1 Å². The molecule has 1 heterocycles. The van der Waals surface area contributed by atoms with Crippen LogP contribution in [0.2, 0.25) is 0 Å². The number of urea groups is 1. The fourth-order valence-electron chi connectivity index (χ4n) is 6.58. The molecule has 0 saturated carbocycles. The summed E-state index contributed by atoms with van der Waals surface area (Å²) >= 11 is 0. The minimum Gasteiger partial charge on any atom is -0.353 e. The molecular formula is C35H46N8O6S. The molecule has 2 aliphatic rings. The fraction of sp³-hybridized carbons (Fsp3) is 0.429. The standard InChI is InChI=1S/C35H46N8O6S/c1-40(2)20-9-21-41(3)23-19-36-34(44)31-14-8-22-42(31)50(48,49)27-17-18-30(32(24-27)43(46)47)38-39-35(45)37-33-28-12-6-4-10-25(28)15-16-26-11-5-7-13-29(26)33/h4-7,10-13,17-18,24,31,33,38H,8-9,14-16,19-23H2,1-3H3,(H,36,44)(H2,37,39,45)/t31-/m0/s1. The number of hydrogen-bond donors (Lipinski definition) is 4. The molecule has 1 atom stereocenters. The van der Waals surface area contributed by atoms with Crippen molar-refractivity contribution in [3.05, 3.63) is 99.1 Å². The lowest BCUT2D eigenvalue weighted by Gasteiger charge is -2.24. The number of amides is 3. The molecule has 0 bridgehead atoms. The predicted molar refractivity (Wildman–Crippen MR) is 191 cm³/mol. The minimum absolute atomic E-state index is 0.101. The van der Waals surface area contributed by atoms with Crippen LogP contribution in [-0.2, 0) is 27.7 Å². The highest BCUT2D eigenvalue weighted by Gasteiger charge is 2.40. The Bertz CT molecular complexity index is 1760. The Kier molecular flexibility index (Phi) is 12.1. The Morgan fingerprint density at radius 3 is 2.24 bits per heavy atom. The number of rotatable bonds is 14. The lowest BCUT2D eigenvalue weighted by Crippen LogP contribution is -2.47. The molecule has 0 aromatic heterocycles. The van der Waals surface area contributed by atoms with E-state index in [0.29, 0.717) is 25.9 Å². The van der Waals surface area contributed by atoms with Gasteiger partial charge in [0.15, 0.2) is 0 Å². The number of benzene rings is 3. The van der Waals surface area contributed by atoms with Crippen molar-refractivity contribution in [2.45, 2.75) is 49.1 Å². The number of sulfonamides is 1. The topological polar surface area (TPSA) is 169 Å². The van der Waals surface area contributed by atoms with E-state index < -0.39 is 44.7 Å². The molecular weight excluding hydrogens is 661 g/mol. The molecule has 4 N–H and O–H groups in total. The number of fused-ring (bicyclic) bond motifs is 2. The maximum Gasteiger partial charge on any atom is 0.334 e. The third-order valence-corrected chi connectivity index (χ3v) is 11.1. The van der Waals surface area contributed by atoms with E-state index >= 15 is 0 Å². The second-order valence-electron chi connectivity index (χ2n) is 13.0. The van der Waals surface area contributed by atoms with Crippen LogP contribution < -0.4 is 21.5 Å². The van der Waals surface area contributed by atoms with E-state index in [2.05, 4.69) is 31.3 Å². The lowest BCUT2D eigenvalue weighted by molar-refractivity contribution is -0.384. The molecule has 1 aliphatic heterocycles. The van der Waals surface area contributed by atoms with Crippen LogP contribution in [0.15, 0.2) is 71.6 Å². The maximum atomic E-state index is 13.7. The molecule has 268 valence electrons. The van der Waals surface area contributed by atoms with Crippen LogP contribution in [0.25, 0.3) is 0 Å². The second-order valence-corrected chi connectivity index (χ2v) is 14.9. The smallest absolute Gasteiger partial charge is 0.334 e. The zero-order chi connectivity index (χ0) is 35.8.